The molecule has 0 aliphatic carbocycles. The topological polar surface area (TPSA) is 67.8 Å². The lowest BCUT2D eigenvalue weighted by molar-refractivity contribution is 0.0264. The minimum atomic E-state index is -0.943. The fourth-order valence-corrected chi connectivity index (χ4v) is 2.07. The van der Waals surface area contributed by atoms with E-state index in [2.05, 4.69) is 19.2 Å². The summed E-state index contributed by atoms with van der Waals surface area (Å²) in [7, 11) is 0. The Morgan fingerprint density at radius 1 is 1.52 bits per heavy atom. The van der Waals surface area contributed by atoms with Crippen molar-refractivity contribution in [2.45, 2.75) is 25.9 Å². The summed E-state index contributed by atoms with van der Waals surface area (Å²) in [5, 5.41) is 12.9. The van der Waals surface area contributed by atoms with E-state index < -0.39 is 5.60 Å². The van der Waals surface area contributed by atoms with Gasteiger partial charge in [0, 0.05) is 25.1 Å². The number of rotatable bonds is 6. The Hall–Kier alpha value is -1.59. The monoisotopic (exact) mass is 293 g/mol. The van der Waals surface area contributed by atoms with E-state index in [-0.39, 0.29) is 19.1 Å². The van der Waals surface area contributed by atoms with Gasteiger partial charge in [0.2, 0.25) is 0 Å². The van der Waals surface area contributed by atoms with E-state index in [1.807, 2.05) is 6.07 Å². The van der Waals surface area contributed by atoms with Gasteiger partial charge in [0.1, 0.15) is 11.4 Å². The molecular weight excluding hydrogens is 270 g/mol. The molecule has 1 saturated heterocycles. The molecule has 5 nitrogen and oxygen atoms in total. The van der Waals surface area contributed by atoms with Gasteiger partial charge in [-0.05, 0) is 24.1 Å². The standard InChI is InChI=1S/C16H23NO4/c1-12(2)9-21-14-5-3-4-13(8-14)15(18)17-10-16(19)6-7-20-11-16/h3-5,8,12,19H,6-7,9-11H2,1-2H3,(H,17,18). The van der Waals surface area contributed by atoms with Crippen LogP contribution in [0.1, 0.15) is 30.6 Å². The molecule has 0 spiro atoms. The minimum absolute atomic E-state index is 0.197. The van der Waals surface area contributed by atoms with Crippen LogP contribution in [-0.4, -0.2) is 43.0 Å². The molecule has 0 saturated carbocycles. The zero-order chi connectivity index (χ0) is 15.3. The van der Waals surface area contributed by atoms with Gasteiger partial charge in [-0.2, -0.15) is 0 Å². The summed E-state index contributed by atoms with van der Waals surface area (Å²) in [5.41, 5.74) is -0.416. The second kappa shape index (κ2) is 6.91. The molecule has 0 aromatic heterocycles. The van der Waals surface area contributed by atoms with Crippen molar-refractivity contribution in [3.05, 3.63) is 29.8 Å². The summed E-state index contributed by atoms with van der Waals surface area (Å²) in [5.74, 6) is 0.892. The molecule has 1 aliphatic rings. The van der Waals surface area contributed by atoms with Gasteiger partial charge in [0.05, 0.1) is 13.2 Å². The van der Waals surface area contributed by atoms with Gasteiger partial charge in [-0.3, -0.25) is 4.79 Å². The predicted molar refractivity (Wildman–Crippen MR) is 79.5 cm³/mol. The van der Waals surface area contributed by atoms with Gasteiger partial charge in [-0.25, -0.2) is 0 Å². The van der Waals surface area contributed by atoms with Crippen molar-refractivity contribution in [1.82, 2.24) is 5.32 Å². The second-order valence-electron chi connectivity index (χ2n) is 5.94. The van der Waals surface area contributed by atoms with Gasteiger partial charge in [0.15, 0.2) is 0 Å². The van der Waals surface area contributed by atoms with Crippen LogP contribution in [0.5, 0.6) is 5.75 Å². The van der Waals surface area contributed by atoms with Crippen LogP contribution in [0.4, 0.5) is 0 Å². The average Bonchev–Trinajstić information content (AvgIpc) is 2.90. The van der Waals surface area contributed by atoms with E-state index in [0.717, 1.165) is 0 Å². The highest BCUT2D eigenvalue weighted by Crippen LogP contribution is 2.18. The summed E-state index contributed by atoms with van der Waals surface area (Å²) in [6.07, 6.45) is 0.546. The summed E-state index contributed by atoms with van der Waals surface area (Å²) >= 11 is 0. The van der Waals surface area contributed by atoms with Crippen molar-refractivity contribution in [3.8, 4) is 5.75 Å². The molecule has 1 unspecified atom stereocenters. The molecule has 0 radical (unpaired) electrons. The summed E-state index contributed by atoms with van der Waals surface area (Å²) < 4.78 is 10.8. The van der Waals surface area contributed by atoms with Crippen molar-refractivity contribution >= 4 is 5.91 Å². The lowest BCUT2D eigenvalue weighted by Gasteiger charge is -2.20. The summed E-state index contributed by atoms with van der Waals surface area (Å²) in [4.78, 5) is 12.1. The molecule has 1 aromatic rings. The first-order valence-electron chi connectivity index (χ1n) is 7.30. The first-order valence-corrected chi connectivity index (χ1v) is 7.30. The number of nitrogens with one attached hydrogen (secondary N) is 1. The first kappa shape index (κ1) is 15.8. The predicted octanol–water partition coefficient (Wildman–Crippen LogP) is 1.60. The van der Waals surface area contributed by atoms with Gasteiger partial charge < -0.3 is 19.9 Å². The normalized spacial score (nSPS) is 21.5. The van der Waals surface area contributed by atoms with Gasteiger partial charge in [-0.1, -0.05) is 19.9 Å². The second-order valence-corrected chi connectivity index (χ2v) is 5.94. The Labute approximate surface area is 125 Å². The Morgan fingerprint density at radius 3 is 3.00 bits per heavy atom. The lowest BCUT2D eigenvalue weighted by atomic mass is 10.0. The molecule has 1 amide bonds. The van der Waals surface area contributed by atoms with Gasteiger partial charge in [-0.15, -0.1) is 0 Å². The smallest absolute Gasteiger partial charge is 0.251 e. The third-order valence-electron chi connectivity index (χ3n) is 3.34. The molecule has 1 heterocycles. The number of carbonyl (C=O) groups excluding carboxylic acids is 1. The number of aliphatic hydroxyl groups is 1. The lowest BCUT2D eigenvalue weighted by Crippen LogP contribution is -2.43. The van der Waals surface area contributed by atoms with Crippen molar-refractivity contribution in [2.24, 2.45) is 5.92 Å². The van der Waals surface area contributed by atoms with Crippen LogP contribution < -0.4 is 10.1 Å². The molecule has 21 heavy (non-hydrogen) atoms. The fraction of sp³-hybridized carbons (Fsp3) is 0.562. The molecule has 0 bridgehead atoms. The summed E-state index contributed by atoms with van der Waals surface area (Å²) in [6.45, 7) is 5.75. The Kier molecular flexibility index (Phi) is 5.20. The van der Waals surface area contributed by atoms with E-state index in [9.17, 15) is 9.90 Å². The number of hydrogen-bond donors (Lipinski definition) is 2. The Morgan fingerprint density at radius 2 is 2.33 bits per heavy atom. The maximum atomic E-state index is 12.1. The van der Waals surface area contributed by atoms with Crippen molar-refractivity contribution < 1.29 is 19.4 Å². The number of amides is 1. The van der Waals surface area contributed by atoms with Crippen LogP contribution in [0.3, 0.4) is 0 Å². The van der Waals surface area contributed by atoms with Crippen LogP contribution in [0.2, 0.25) is 0 Å². The quantitative estimate of drug-likeness (QED) is 0.836. The van der Waals surface area contributed by atoms with Crippen LogP contribution in [0.25, 0.3) is 0 Å². The largest absolute Gasteiger partial charge is 0.493 e. The highest BCUT2D eigenvalue weighted by atomic mass is 16.5. The van der Waals surface area contributed by atoms with Crippen LogP contribution >= 0.6 is 0 Å². The van der Waals surface area contributed by atoms with E-state index in [1.165, 1.54) is 0 Å². The highest BCUT2D eigenvalue weighted by molar-refractivity contribution is 5.94. The number of carbonyl (C=O) groups is 1. The Bertz CT molecular complexity index is 481. The van der Waals surface area contributed by atoms with E-state index >= 15 is 0 Å². The van der Waals surface area contributed by atoms with Crippen molar-refractivity contribution in [2.75, 3.05) is 26.4 Å². The maximum Gasteiger partial charge on any atom is 0.251 e. The highest BCUT2D eigenvalue weighted by Gasteiger charge is 2.32. The van der Waals surface area contributed by atoms with Crippen LogP contribution in [0, 0.1) is 5.92 Å². The van der Waals surface area contributed by atoms with Gasteiger partial charge >= 0.3 is 0 Å². The number of benzene rings is 1. The zero-order valence-corrected chi connectivity index (χ0v) is 12.6. The first-order chi connectivity index (χ1) is 9.98. The van der Waals surface area contributed by atoms with Gasteiger partial charge in [0.25, 0.3) is 5.91 Å². The van der Waals surface area contributed by atoms with E-state index in [1.54, 1.807) is 18.2 Å². The van der Waals surface area contributed by atoms with E-state index in [0.29, 0.717) is 36.9 Å². The molecule has 5 heteroatoms. The molecule has 1 fully saturated rings. The third kappa shape index (κ3) is 4.72. The minimum Gasteiger partial charge on any atom is -0.493 e. The molecular formula is C16H23NO4. The number of hydrogen-bond acceptors (Lipinski definition) is 4. The van der Waals surface area contributed by atoms with Crippen LogP contribution in [0.15, 0.2) is 24.3 Å². The molecule has 1 aromatic carbocycles. The van der Waals surface area contributed by atoms with E-state index in [4.69, 9.17) is 9.47 Å². The average molecular weight is 293 g/mol. The molecule has 116 valence electrons. The number of ether oxygens (including phenoxy) is 2. The zero-order valence-electron chi connectivity index (χ0n) is 12.6. The van der Waals surface area contributed by atoms with Crippen molar-refractivity contribution in [3.63, 3.8) is 0 Å². The molecule has 1 atom stereocenters. The molecule has 2 N–H and O–H groups in total. The maximum absolute atomic E-state index is 12.1. The Balaban J connectivity index is 1.91. The van der Waals surface area contributed by atoms with Crippen LogP contribution in [-0.2, 0) is 4.74 Å². The SMILES string of the molecule is CC(C)COc1cccc(C(=O)NCC2(O)CCOC2)c1. The third-order valence-corrected chi connectivity index (χ3v) is 3.34. The summed E-state index contributed by atoms with van der Waals surface area (Å²) in [6, 6.07) is 7.06. The molecule has 2 rings (SSSR count). The fourth-order valence-electron chi connectivity index (χ4n) is 2.07. The van der Waals surface area contributed by atoms with Crippen molar-refractivity contribution in [1.29, 1.82) is 0 Å². The molecule has 1 aliphatic heterocycles.